The zero-order valence-electron chi connectivity index (χ0n) is 15.0. The van der Waals surface area contributed by atoms with Gasteiger partial charge in [-0.3, -0.25) is 14.6 Å². The molecule has 0 radical (unpaired) electrons. The van der Waals surface area contributed by atoms with Crippen molar-refractivity contribution in [3.05, 3.63) is 54.4 Å². The first-order valence-electron chi connectivity index (χ1n) is 8.23. The Bertz CT molecular complexity index is 1040. The second-order valence-electron chi connectivity index (χ2n) is 5.79. The number of carbonyl (C=O) groups excluding carboxylic acids is 2. The first-order chi connectivity index (χ1) is 13.8. The lowest BCUT2D eigenvalue weighted by Crippen LogP contribution is -2.15. The molecule has 11 heteroatoms. The van der Waals surface area contributed by atoms with Crippen molar-refractivity contribution in [2.75, 3.05) is 11.1 Å². The summed E-state index contributed by atoms with van der Waals surface area (Å²) in [5, 5.41) is 10.5. The Balaban J connectivity index is 1.81. The lowest BCUT2D eigenvalue weighted by Gasteiger charge is -2.09. The van der Waals surface area contributed by atoms with E-state index in [1.165, 1.54) is 13.0 Å². The largest absolute Gasteiger partial charge is 0.433 e. The smallest absolute Gasteiger partial charge is 0.325 e. The molecule has 0 spiro atoms. The third-order valence-electron chi connectivity index (χ3n) is 3.65. The highest BCUT2D eigenvalue weighted by Crippen LogP contribution is 2.31. The molecule has 0 atom stereocenters. The van der Waals surface area contributed by atoms with Crippen molar-refractivity contribution in [2.24, 2.45) is 0 Å². The highest BCUT2D eigenvalue weighted by atomic mass is 32.2. The van der Waals surface area contributed by atoms with E-state index in [0.717, 1.165) is 28.6 Å². The van der Waals surface area contributed by atoms with Crippen LogP contribution in [0.15, 0.2) is 53.8 Å². The van der Waals surface area contributed by atoms with Gasteiger partial charge < -0.3 is 5.32 Å². The average molecular weight is 421 g/mol. The Morgan fingerprint density at radius 2 is 1.86 bits per heavy atom. The van der Waals surface area contributed by atoms with Crippen LogP contribution in [0, 0.1) is 0 Å². The van der Waals surface area contributed by atoms with Gasteiger partial charge in [0.25, 0.3) is 0 Å². The van der Waals surface area contributed by atoms with Gasteiger partial charge in [0.2, 0.25) is 11.8 Å². The topological polar surface area (TPSA) is 89.8 Å². The number of alkyl halides is 3. The predicted molar refractivity (Wildman–Crippen MR) is 100 cm³/mol. The summed E-state index contributed by atoms with van der Waals surface area (Å²) >= 11 is 0.947. The molecule has 0 aliphatic carbocycles. The van der Waals surface area contributed by atoms with Gasteiger partial charge in [-0.25, -0.2) is 4.57 Å². The Morgan fingerprint density at radius 1 is 1.14 bits per heavy atom. The molecule has 0 fully saturated rings. The molecular formula is C18H14F3N5O2S. The number of thioether (sulfide) groups is 1. The fourth-order valence-corrected chi connectivity index (χ4v) is 3.18. The van der Waals surface area contributed by atoms with Gasteiger partial charge in [0.05, 0.1) is 5.75 Å². The molecule has 2 aromatic heterocycles. The number of halogens is 3. The first-order valence-corrected chi connectivity index (χ1v) is 9.22. The highest BCUT2D eigenvalue weighted by molar-refractivity contribution is 7.99. The van der Waals surface area contributed by atoms with Crippen molar-refractivity contribution in [1.29, 1.82) is 0 Å². The Kier molecular flexibility index (Phi) is 5.97. The minimum Gasteiger partial charge on any atom is -0.325 e. The monoisotopic (exact) mass is 421 g/mol. The summed E-state index contributed by atoms with van der Waals surface area (Å²) in [6.07, 6.45) is -3.65. The van der Waals surface area contributed by atoms with Gasteiger partial charge in [-0.15, -0.1) is 10.2 Å². The second-order valence-corrected chi connectivity index (χ2v) is 6.73. The van der Waals surface area contributed by atoms with Gasteiger partial charge in [-0.1, -0.05) is 30.0 Å². The van der Waals surface area contributed by atoms with Crippen LogP contribution in [0.3, 0.4) is 0 Å². The normalized spacial score (nSPS) is 11.3. The van der Waals surface area contributed by atoms with Crippen LogP contribution in [0.4, 0.5) is 18.9 Å². The molecule has 0 aliphatic heterocycles. The molecule has 0 saturated heterocycles. The molecule has 29 heavy (non-hydrogen) atoms. The number of aromatic nitrogens is 4. The van der Waals surface area contributed by atoms with E-state index >= 15 is 0 Å². The van der Waals surface area contributed by atoms with E-state index in [-0.39, 0.29) is 28.2 Å². The lowest BCUT2D eigenvalue weighted by molar-refractivity contribution is -0.141. The van der Waals surface area contributed by atoms with Crippen LogP contribution in [0.25, 0.3) is 11.4 Å². The van der Waals surface area contributed by atoms with Gasteiger partial charge in [-0.05, 0) is 24.3 Å². The summed E-state index contributed by atoms with van der Waals surface area (Å²) in [5.41, 5.74) is -0.455. The molecule has 0 unspecified atom stereocenters. The Hall–Kier alpha value is -3.21. The molecular weight excluding hydrogens is 407 g/mol. The molecule has 0 saturated carbocycles. The van der Waals surface area contributed by atoms with E-state index in [9.17, 15) is 22.8 Å². The van der Waals surface area contributed by atoms with E-state index in [4.69, 9.17) is 0 Å². The summed E-state index contributed by atoms with van der Waals surface area (Å²) in [4.78, 5) is 27.5. The average Bonchev–Trinajstić information content (AvgIpc) is 3.11. The third kappa shape index (κ3) is 4.99. The molecule has 1 aromatic carbocycles. The maximum absolute atomic E-state index is 12.9. The zero-order chi connectivity index (χ0) is 21.0. The van der Waals surface area contributed by atoms with Crippen LogP contribution >= 0.6 is 11.8 Å². The van der Waals surface area contributed by atoms with E-state index < -0.39 is 17.8 Å². The van der Waals surface area contributed by atoms with Crippen LogP contribution in [-0.2, 0) is 11.0 Å². The minimum atomic E-state index is -4.63. The van der Waals surface area contributed by atoms with Crippen molar-refractivity contribution in [1.82, 2.24) is 19.7 Å². The van der Waals surface area contributed by atoms with Gasteiger partial charge in [0, 0.05) is 24.4 Å². The summed E-state index contributed by atoms with van der Waals surface area (Å²) in [7, 11) is 0. The van der Waals surface area contributed by atoms with Gasteiger partial charge in [0.15, 0.2) is 11.0 Å². The number of anilines is 1. The molecule has 150 valence electrons. The fourth-order valence-electron chi connectivity index (χ4n) is 2.41. The quantitative estimate of drug-likeness (QED) is 0.631. The summed E-state index contributed by atoms with van der Waals surface area (Å²) in [6.45, 7) is 1.23. The van der Waals surface area contributed by atoms with Crippen molar-refractivity contribution in [3.63, 3.8) is 0 Å². The number of rotatable bonds is 5. The number of benzene rings is 1. The number of pyridine rings is 1. The molecule has 7 nitrogen and oxygen atoms in total. The maximum atomic E-state index is 12.9. The van der Waals surface area contributed by atoms with Crippen LogP contribution in [0.1, 0.15) is 17.4 Å². The van der Waals surface area contributed by atoms with Crippen LogP contribution in [0.5, 0.6) is 0 Å². The second kappa shape index (κ2) is 8.43. The van der Waals surface area contributed by atoms with Crippen molar-refractivity contribution in [2.45, 2.75) is 18.3 Å². The number of hydrogen-bond donors (Lipinski definition) is 1. The van der Waals surface area contributed by atoms with E-state index in [0.29, 0.717) is 5.69 Å². The maximum Gasteiger partial charge on any atom is 0.433 e. The molecule has 3 aromatic rings. The van der Waals surface area contributed by atoms with Crippen molar-refractivity contribution >= 4 is 29.3 Å². The number of hydrogen-bond acceptors (Lipinski definition) is 6. The number of carbonyl (C=O) groups is 2. The zero-order valence-corrected chi connectivity index (χ0v) is 15.8. The van der Waals surface area contributed by atoms with Gasteiger partial charge >= 0.3 is 6.18 Å². The minimum absolute atomic E-state index is 0.0376. The summed E-state index contributed by atoms with van der Waals surface area (Å²) in [5.74, 6) is -0.952. The van der Waals surface area contributed by atoms with E-state index in [2.05, 4.69) is 20.5 Å². The number of nitrogens with one attached hydrogen (secondary N) is 1. The number of amides is 1. The predicted octanol–water partition coefficient (Wildman–Crippen LogP) is 3.75. The number of para-hydroxylation sites is 1. The third-order valence-corrected chi connectivity index (χ3v) is 4.58. The molecule has 3 rings (SSSR count). The van der Waals surface area contributed by atoms with Crippen molar-refractivity contribution in [3.8, 4) is 11.4 Å². The van der Waals surface area contributed by atoms with E-state index in [1.54, 1.807) is 24.3 Å². The summed E-state index contributed by atoms with van der Waals surface area (Å²) < 4.78 is 39.8. The van der Waals surface area contributed by atoms with E-state index in [1.807, 2.05) is 6.07 Å². The summed E-state index contributed by atoms with van der Waals surface area (Å²) in [6, 6.07) is 10.9. The highest BCUT2D eigenvalue weighted by Gasteiger charge is 2.33. The fraction of sp³-hybridized carbons (Fsp3) is 0.167. The molecule has 0 bridgehead atoms. The van der Waals surface area contributed by atoms with Gasteiger partial charge in [-0.2, -0.15) is 13.2 Å². The molecule has 1 amide bonds. The van der Waals surface area contributed by atoms with Crippen LogP contribution < -0.4 is 5.32 Å². The Labute approximate surface area is 167 Å². The first kappa shape index (κ1) is 20.5. The van der Waals surface area contributed by atoms with Crippen molar-refractivity contribution < 1.29 is 22.8 Å². The Morgan fingerprint density at radius 3 is 2.52 bits per heavy atom. The van der Waals surface area contributed by atoms with Crippen LogP contribution in [0.2, 0.25) is 0 Å². The van der Waals surface area contributed by atoms with Gasteiger partial charge in [0.1, 0.15) is 5.69 Å². The standard InChI is InChI=1S/C18H14F3N5O2S/c1-11(27)26-16(12-7-8-22-14(9-12)18(19,20)21)24-25-17(26)29-10-15(28)23-13-5-3-2-4-6-13/h2-9H,10H2,1H3,(H,23,28). The molecule has 2 heterocycles. The lowest BCUT2D eigenvalue weighted by atomic mass is 10.2. The number of nitrogens with zero attached hydrogens (tertiary/aromatic N) is 4. The molecule has 1 N–H and O–H groups in total. The molecule has 0 aliphatic rings. The van der Waals surface area contributed by atoms with Crippen LogP contribution in [-0.4, -0.2) is 37.3 Å². The SMILES string of the molecule is CC(=O)n1c(SCC(=O)Nc2ccccc2)nnc1-c1ccnc(C(F)(F)F)c1.